The molecule has 0 spiro atoms. The van der Waals surface area contributed by atoms with Gasteiger partial charge < -0.3 is 10.2 Å². The highest BCUT2D eigenvalue weighted by atomic mass is 35.5. The molecule has 2 aromatic carbocycles. The number of hydrogen-bond donors (Lipinski definition) is 1. The van der Waals surface area contributed by atoms with Gasteiger partial charge in [0.1, 0.15) is 10.8 Å². The summed E-state index contributed by atoms with van der Waals surface area (Å²) < 4.78 is 13.2. The number of benzene rings is 2. The molecule has 2 heterocycles. The van der Waals surface area contributed by atoms with Crippen molar-refractivity contribution in [1.29, 1.82) is 0 Å². The Balaban J connectivity index is 1.42. The Morgan fingerprint density at radius 1 is 1.19 bits per heavy atom. The summed E-state index contributed by atoms with van der Waals surface area (Å²) in [7, 11) is 0. The van der Waals surface area contributed by atoms with Gasteiger partial charge in [-0.2, -0.15) is 0 Å². The second-order valence-electron chi connectivity index (χ2n) is 7.34. The number of amides is 1. The number of nitrogens with zero attached hydrogens (tertiary/aromatic N) is 3. The predicted molar refractivity (Wildman–Crippen MR) is 121 cm³/mol. The number of carbonyl (C=O) groups excluding carboxylic acids is 1. The zero-order chi connectivity index (χ0) is 21.6. The van der Waals surface area contributed by atoms with E-state index in [2.05, 4.69) is 20.2 Å². The van der Waals surface area contributed by atoms with Crippen molar-refractivity contribution < 1.29 is 9.18 Å². The van der Waals surface area contributed by atoms with E-state index in [9.17, 15) is 9.18 Å². The maximum Gasteiger partial charge on any atom is 0.225 e. The molecule has 0 unspecified atom stereocenters. The van der Waals surface area contributed by atoms with Crippen LogP contribution in [0.3, 0.4) is 0 Å². The minimum atomic E-state index is -0.392. The van der Waals surface area contributed by atoms with Gasteiger partial charge in [0.15, 0.2) is 5.82 Å². The van der Waals surface area contributed by atoms with E-state index in [0.29, 0.717) is 17.1 Å². The van der Waals surface area contributed by atoms with E-state index >= 15 is 0 Å². The lowest BCUT2D eigenvalue weighted by Gasteiger charge is -2.33. The van der Waals surface area contributed by atoms with Crippen LogP contribution in [0.25, 0.3) is 0 Å². The summed E-state index contributed by atoms with van der Waals surface area (Å²) in [6.45, 7) is 1.67. The Morgan fingerprint density at radius 2 is 2.00 bits per heavy atom. The Morgan fingerprint density at radius 3 is 2.81 bits per heavy atom. The van der Waals surface area contributed by atoms with Crippen molar-refractivity contribution in [3.63, 3.8) is 0 Å². The molecule has 0 aliphatic carbocycles. The lowest BCUT2D eigenvalue weighted by atomic mass is 9.97. The van der Waals surface area contributed by atoms with Crippen LogP contribution in [-0.2, 0) is 11.3 Å². The molecule has 1 N–H and O–H groups in total. The fourth-order valence-electron chi connectivity index (χ4n) is 3.58. The summed E-state index contributed by atoms with van der Waals surface area (Å²) in [4.78, 5) is 25.1. The van der Waals surface area contributed by atoms with E-state index in [4.69, 9.17) is 11.6 Å². The van der Waals surface area contributed by atoms with E-state index in [-0.39, 0.29) is 18.4 Å². The first kappa shape index (κ1) is 21.6. The number of aromatic nitrogens is 2. The van der Waals surface area contributed by atoms with Crippen molar-refractivity contribution >= 4 is 35.1 Å². The lowest BCUT2D eigenvalue weighted by molar-refractivity contribution is -0.125. The van der Waals surface area contributed by atoms with E-state index in [1.54, 1.807) is 30.2 Å². The third kappa shape index (κ3) is 5.54. The highest BCUT2D eigenvalue weighted by Gasteiger charge is 2.28. The van der Waals surface area contributed by atoms with E-state index in [1.165, 1.54) is 12.1 Å². The molecular formula is C23H22ClFN4OS. The van der Waals surface area contributed by atoms with Gasteiger partial charge in [-0.25, -0.2) is 14.4 Å². The molecule has 0 radical (unpaired) electrons. The standard InChI is InChI=1S/C23H22ClFN4OS/c24-20-13-18(25)9-8-16(20)14-28-22(30)17-5-4-12-29(15-17)21-23(27-11-10-26-21)31-19-6-2-1-3-7-19/h1-3,6-11,13,17H,4-5,12,14-15H2,(H,28,30)/t17-/m0/s1. The number of halogens is 2. The molecule has 1 saturated heterocycles. The van der Waals surface area contributed by atoms with Crippen LogP contribution in [0, 0.1) is 11.7 Å². The highest BCUT2D eigenvalue weighted by molar-refractivity contribution is 7.99. The third-order valence-corrected chi connectivity index (χ3v) is 6.51. The van der Waals surface area contributed by atoms with Crippen LogP contribution in [0.4, 0.5) is 10.2 Å². The first-order valence-corrected chi connectivity index (χ1v) is 11.3. The summed E-state index contributed by atoms with van der Waals surface area (Å²) in [6, 6.07) is 14.2. The van der Waals surface area contributed by atoms with Crippen LogP contribution < -0.4 is 10.2 Å². The monoisotopic (exact) mass is 456 g/mol. The van der Waals surface area contributed by atoms with Gasteiger partial charge in [-0.1, -0.05) is 47.6 Å². The molecule has 1 amide bonds. The van der Waals surface area contributed by atoms with E-state index in [0.717, 1.165) is 35.1 Å². The average molecular weight is 457 g/mol. The molecule has 31 heavy (non-hydrogen) atoms. The van der Waals surface area contributed by atoms with Crippen molar-refractivity contribution in [2.45, 2.75) is 29.3 Å². The maximum atomic E-state index is 13.2. The predicted octanol–water partition coefficient (Wildman–Crippen LogP) is 4.95. The molecule has 4 rings (SSSR count). The van der Waals surface area contributed by atoms with Crippen LogP contribution in [0.5, 0.6) is 0 Å². The first-order chi connectivity index (χ1) is 15.1. The Labute approximate surface area is 190 Å². The minimum absolute atomic E-state index is 0.0359. The molecule has 1 atom stereocenters. The molecule has 0 saturated carbocycles. The summed E-state index contributed by atoms with van der Waals surface area (Å²) >= 11 is 7.64. The largest absolute Gasteiger partial charge is 0.354 e. The van der Waals surface area contributed by atoms with Gasteiger partial charge in [-0.15, -0.1) is 0 Å². The van der Waals surface area contributed by atoms with Crippen LogP contribution in [0.1, 0.15) is 18.4 Å². The minimum Gasteiger partial charge on any atom is -0.354 e. The molecule has 160 valence electrons. The van der Waals surface area contributed by atoms with Crippen molar-refractivity contribution in [3.05, 3.63) is 77.3 Å². The number of hydrogen-bond acceptors (Lipinski definition) is 5. The molecule has 1 fully saturated rings. The second-order valence-corrected chi connectivity index (χ2v) is 8.81. The molecular weight excluding hydrogens is 435 g/mol. The second kappa shape index (κ2) is 10.1. The molecule has 1 aromatic heterocycles. The van der Waals surface area contributed by atoms with Gasteiger partial charge in [0.2, 0.25) is 5.91 Å². The number of rotatable bonds is 6. The van der Waals surface area contributed by atoms with Crippen LogP contribution in [-0.4, -0.2) is 29.0 Å². The molecule has 8 heteroatoms. The quantitative estimate of drug-likeness (QED) is 0.568. The molecule has 1 aliphatic heterocycles. The number of carbonyl (C=O) groups is 1. The van der Waals surface area contributed by atoms with Crippen LogP contribution in [0.2, 0.25) is 5.02 Å². The summed E-state index contributed by atoms with van der Waals surface area (Å²) in [5, 5.41) is 4.08. The van der Waals surface area contributed by atoms with E-state index < -0.39 is 5.82 Å². The molecule has 1 aliphatic rings. The van der Waals surface area contributed by atoms with Gasteiger partial charge in [0.25, 0.3) is 0 Å². The van der Waals surface area contributed by atoms with Gasteiger partial charge in [-0.05, 0) is 42.7 Å². The Kier molecular flexibility index (Phi) is 7.04. The van der Waals surface area contributed by atoms with Gasteiger partial charge >= 0.3 is 0 Å². The third-order valence-electron chi connectivity index (χ3n) is 5.16. The first-order valence-electron chi connectivity index (χ1n) is 10.1. The average Bonchev–Trinajstić information content (AvgIpc) is 2.79. The fourth-order valence-corrected chi connectivity index (χ4v) is 4.72. The van der Waals surface area contributed by atoms with Crippen molar-refractivity contribution in [2.75, 3.05) is 18.0 Å². The van der Waals surface area contributed by atoms with Crippen molar-refractivity contribution in [3.8, 4) is 0 Å². The number of anilines is 1. The Bertz CT molecular complexity index is 1050. The summed E-state index contributed by atoms with van der Waals surface area (Å²) in [6.07, 6.45) is 5.07. The lowest BCUT2D eigenvalue weighted by Crippen LogP contribution is -2.43. The van der Waals surface area contributed by atoms with Crippen molar-refractivity contribution in [2.24, 2.45) is 5.92 Å². The van der Waals surface area contributed by atoms with Crippen LogP contribution in [0.15, 0.2) is 70.8 Å². The molecule has 0 bridgehead atoms. The highest BCUT2D eigenvalue weighted by Crippen LogP contribution is 2.33. The smallest absolute Gasteiger partial charge is 0.225 e. The Hall–Kier alpha value is -2.64. The van der Waals surface area contributed by atoms with E-state index in [1.807, 2.05) is 30.3 Å². The zero-order valence-electron chi connectivity index (χ0n) is 16.8. The summed E-state index contributed by atoms with van der Waals surface area (Å²) in [5.41, 5.74) is 0.694. The van der Waals surface area contributed by atoms with Gasteiger partial charge in [-0.3, -0.25) is 4.79 Å². The van der Waals surface area contributed by atoms with Gasteiger partial charge in [0, 0.05) is 41.9 Å². The fraction of sp³-hybridized carbons (Fsp3) is 0.261. The van der Waals surface area contributed by atoms with Crippen molar-refractivity contribution in [1.82, 2.24) is 15.3 Å². The summed E-state index contributed by atoms with van der Waals surface area (Å²) in [5.74, 6) is 0.211. The molecule has 3 aromatic rings. The maximum absolute atomic E-state index is 13.2. The topological polar surface area (TPSA) is 58.1 Å². The molecule has 5 nitrogen and oxygen atoms in total. The number of nitrogens with one attached hydrogen (secondary N) is 1. The SMILES string of the molecule is O=C(NCc1ccc(F)cc1Cl)[C@H]1CCCN(c2nccnc2Sc2ccccc2)C1. The normalized spacial score (nSPS) is 16.2. The van der Waals surface area contributed by atoms with Crippen LogP contribution >= 0.6 is 23.4 Å². The van der Waals surface area contributed by atoms with Gasteiger partial charge in [0.05, 0.1) is 5.92 Å². The number of piperidine rings is 1. The zero-order valence-corrected chi connectivity index (χ0v) is 18.4.